The summed E-state index contributed by atoms with van der Waals surface area (Å²) >= 11 is 0. The third-order valence-electron chi connectivity index (χ3n) is 2.85. The normalized spacial score (nSPS) is 13.9. The van der Waals surface area contributed by atoms with Crippen LogP contribution in [0.25, 0.3) is 0 Å². The van der Waals surface area contributed by atoms with E-state index >= 15 is 0 Å². The molecule has 0 unspecified atom stereocenters. The van der Waals surface area contributed by atoms with Crippen LogP contribution < -0.4 is 10.6 Å². The average molecular weight is 246 g/mol. The Labute approximate surface area is 105 Å². The monoisotopic (exact) mass is 246 g/mol. The Hall–Kier alpha value is -2.29. The van der Waals surface area contributed by atoms with Crippen molar-refractivity contribution in [1.82, 2.24) is 4.98 Å². The standard InChI is InChI=1S/C12H14N4O2/c13-6-1-7-16(8-2-3-8)11-9(14)4-5-10(15-11)12(17)18/h4-5,8H,1-3,7,14H2,(H,17,18). The molecule has 1 heterocycles. The number of hydrogen-bond acceptors (Lipinski definition) is 5. The van der Waals surface area contributed by atoms with Crippen molar-refractivity contribution < 1.29 is 9.90 Å². The number of aromatic nitrogens is 1. The number of pyridine rings is 1. The minimum absolute atomic E-state index is 0.0261. The van der Waals surface area contributed by atoms with E-state index in [4.69, 9.17) is 16.1 Å². The Bertz CT molecular complexity index is 505. The molecule has 0 atom stereocenters. The van der Waals surface area contributed by atoms with E-state index in [0.717, 1.165) is 12.8 Å². The van der Waals surface area contributed by atoms with E-state index in [9.17, 15) is 4.79 Å². The SMILES string of the molecule is N#CCCN(c1nc(C(=O)O)ccc1N)C1CC1. The maximum atomic E-state index is 10.9. The van der Waals surface area contributed by atoms with E-state index in [2.05, 4.69) is 11.1 Å². The number of aromatic carboxylic acids is 1. The maximum Gasteiger partial charge on any atom is 0.354 e. The van der Waals surface area contributed by atoms with Gasteiger partial charge in [-0.15, -0.1) is 0 Å². The smallest absolute Gasteiger partial charge is 0.354 e. The zero-order valence-corrected chi connectivity index (χ0v) is 9.83. The first-order chi connectivity index (χ1) is 8.63. The van der Waals surface area contributed by atoms with Crippen molar-refractivity contribution in [2.45, 2.75) is 25.3 Å². The number of nitriles is 1. The molecule has 94 valence electrons. The van der Waals surface area contributed by atoms with Gasteiger partial charge in [0.2, 0.25) is 0 Å². The van der Waals surface area contributed by atoms with Gasteiger partial charge in [-0.05, 0) is 25.0 Å². The third-order valence-corrected chi connectivity index (χ3v) is 2.85. The van der Waals surface area contributed by atoms with Crippen molar-refractivity contribution in [1.29, 1.82) is 5.26 Å². The molecule has 0 saturated heterocycles. The van der Waals surface area contributed by atoms with Crippen LogP contribution in [-0.4, -0.2) is 28.6 Å². The van der Waals surface area contributed by atoms with Crippen molar-refractivity contribution in [3.05, 3.63) is 17.8 Å². The number of hydrogen-bond donors (Lipinski definition) is 2. The van der Waals surface area contributed by atoms with Crippen LogP contribution in [0.4, 0.5) is 11.5 Å². The molecular weight excluding hydrogens is 232 g/mol. The lowest BCUT2D eigenvalue weighted by Gasteiger charge is -2.23. The molecule has 0 bridgehead atoms. The van der Waals surface area contributed by atoms with E-state index in [0.29, 0.717) is 30.5 Å². The minimum Gasteiger partial charge on any atom is -0.477 e. The molecule has 0 radical (unpaired) electrons. The fourth-order valence-corrected chi connectivity index (χ4v) is 1.83. The number of nitrogen functional groups attached to an aromatic ring is 1. The van der Waals surface area contributed by atoms with Crippen LogP contribution in [0, 0.1) is 11.3 Å². The van der Waals surface area contributed by atoms with Gasteiger partial charge in [-0.1, -0.05) is 0 Å². The van der Waals surface area contributed by atoms with Gasteiger partial charge in [-0.3, -0.25) is 0 Å². The van der Waals surface area contributed by atoms with Gasteiger partial charge in [-0.2, -0.15) is 5.26 Å². The number of anilines is 2. The van der Waals surface area contributed by atoms with Crippen molar-refractivity contribution in [2.24, 2.45) is 0 Å². The number of carbonyl (C=O) groups is 1. The fraction of sp³-hybridized carbons (Fsp3) is 0.417. The third kappa shape index (κ3) is 2.51. The second-order valence-electron chi connectivity index (χ2n) is 4.25. The molecule has 0 aliphatic heterocycles. The molecule has 0 amide bonds. The van der Waals surface area contributed by atoms with E-state index in [1.54, 1.807) is 6.07 Å². The summed E-state index contributed by atoms with van der Waals surface area (Å²) in [5, 5.41) is 17.6. The van der Waals surface area contributed by atoms with Crippen molar-refractivity contribution in [3.63, 3.8) is 0 Å². The number of carboxylic acids is 1. The maximum absolute atomic E-state index is 10.9. The van der Waals surface area contributed by atoms with Gasteiger partial charge >= 0.3 is 5.97 Å². The molecule has 1 fully saturated rings. The highest BCUT2D eigenvalue weighted by atomic mass is 16.4. The number of rotatable bonds is 5. The van der Waals surface area contributed by atoms with Crippen molar-refractivity contribution in [2.75, 3.05) is 17.2 Å². The highest BCUT2D eigenvalue weighted by Crippen LogP contribution is 2.33. The largest absolute Gasteiger partial charge is 0.477 e. The Morgan fingerprint density at radius 3 is 2.89 bits per heavy atom. The summed E-state index contributed by atoms with van der Waals surface area (Å²) in [7, 11) is 0. The molecular formula is C12H14N4O2. The molecule has 1 aliphatic rings. The summed E-state index contributed by atoms with van der Waals surface area (Å²) < 4.78 is 0. The van der Waals surface area contributed by atoms with Gasteiger partial charge in [0.15, 0.2) is 11.5 Å². The summed E-state index contributed by atoms with van der Waals surface area (Å²) in [6.45, 7) is 0.529. The van der Waals surface area contributed by atoms with Crippen LogP contribution in [0.1, 0.15) is 29.8 Å². The zero-order valence-electron chi connectivity index (χ0n) is 9.83. The lowest BCUT2D eigenvalue weighted by Crippen LogP contribution is -2.29. The van der Waals surface area contributed by atoms with E-state index < -0.39 is 5.97 Å². The van der Waals surface area contributed by atoms with Gasteiger partial charge in [0.1, 0.15) is 0 Å². The Morgan fingerprint density at radius 1 is 1.61 bits per heavy atom. The molecule has 0 aromatic carbocycles. The predicted molar refractivity (Wildman–Crippen MR) is 66.2 cm³/mol. The lowest BCUT2D eigenvalue weighted by atomic mass is 10.3. The minimum atomic E-state index is -1.08. The Balaban J connectivity index is 2.30. The van der Waals surface area contributed by atoms with Gasteiger partial charge in [0.05, 0.1) is 18.2 Å². The van der Waals surface area contributed by atoms with Gasteiger partial charge in [0, 0.05) is 12.6 Å². The summed E-state index contributed by atoms with van der Waals surface area (Å²) in [6.07, 6.45) is 2.43. The van der Waals surface area contributed by atoms with E-state index in [1.807, 2.05) is 4.90 Å². The Kier molecular flexibility index (Phi) is 3.33. The Morgan fingerprint density at radius 2 is 2.33 bits per heavy atom. The van der Waals surface area contributed by atoms with Crippen LogP contribution in [0.15, 0.2) is 12.1 Å². The second-order valence-corrected chi connectivity index (χ2v) is 4.25. The van der Waals surface area contributed by atoms with Crippen LogP contribution in [-0.2, 0) is 0 Å². The zero-order chi connectivity index (χ0) is 13.1. The van der Waals surface area contributed by atoms with Crippen molar-refractivity contribution in [3.8, 4) is 6.07 Å². The fourth-order valence-electron chi connectivity index (χ4n) is 1.83. The molecule has 0 spiro atoms. The molecule has 2 rings (SSSR count). The molecule has 1 aromatic heterocycles. The first kappa shape index (κ1) is 12.2. The second kappa shape index (κ2) is 4.92. The average Bonchev–Trinajstić information content (AvgIpc) is 3.15. The van der Waals surface area contributed by atoms with E-state index in [1.165, 1.54) is 6.07 Å². The van der Waals surface area contributed by atoms with Gasteiger partial charge in [0.25, 0.3) is 0 Å². The summed E-state index contributed by atoms with van der Waals surface area (Å²) in [6, 6.07) is 5.35. The molecule has 1 saturated carbocycles. The van der Waals surface area contributed by atoms with Gasteiger partial charge < -0.3 is 15.7 Å². The molecule has 1 aromatic rings. The molecule has 6 nitrogen and oxygen atoms in total. The lowest BCUT2D eigenvalue weighted by molar-refractivity contribution is 0.0690. The van der Waals surface area contributed by atoms with Crippen LogP contribution >= 0.6 is 0 Å². The first-order valence-corrected chi connectivity index (χ1v) is 5.77. The quantitative estimate of drug-likeness (QED) is 0.810. The number of nitrogens with two attached hydrogens (primary N) is 1. The summed E-state index contributed by atoms with van der Waals surface area (Å²) in [4.78, 5) is 16.9. The number of nitrogens with zero attached hydrogens (tertiary/aromatic N) is 3. The van der Waals surface area contributed by atoms with Crippen LogP contribution in [0.2, 0.25) is 0 Å². The van der Waals surface area contributed by atoms with Crippen molar-refractivity contribution >= 4 is 17.5 Å². The number of carboxylic acid groups (broad SMARTS) is 1. The van der Waals surface area contributed by atoms with Crippen LogP contribution in [0.3, 0.4) is 0 Å². The molecule has 1 aliphatic carbocycles. The molecule has 3 N–H and O–H groups in total. The van der Waals surface area contributed by atoms with Gasteiger partial charge in [-0.25, -0.2) is 9.78 Å². The highest BCUT2D eigenvalue weighted by Gasteiger charge is 2.31. The highest BCUT2D eigenvalue weighted by molar-refractivity contribution is 5.87. The summed E-state index contributed by atoms with van der Waals surface area (Å²) in [5.41, 5.74) is 6.27. The summed E-state index contributed by atoms with van der Waals surface area (Å²) in [5.74, 6) is -0.597. The molecule has 18 heavy (non-hydrogen) atoms. The topological polar surface area (TPSA) is 103 Å². The van der Waals surface area contributed by atoms with E-state index in [-0.39, 0.29) is 5.69 Å². The van der Waals surface area contributed by atoms with Crippen LogP contribution in [0.5, 0.6) is 0 Å². The first-order valence-electron chi connectivity index (χ1n) is 5.77. The predicted octanol–water partition coefficient (Wildman–Crippen LogP) is 1.24. The molecule has 6 heteroatoms.